The van der Waals surface area contributed by atoms with Crippen LogP contribution in [0.2, 0.25) is 0 Å². The lowest BCUT2D eigenvalue weighted by Gasteiger charge is -2.59. The summed E-state index contributed by atoms with van der Waals surface area (Å²) in [6.07, 6.45) is 9.35. The van der Waals surface area contributed by atoms with E-state index < -0.39 is 12.1 Å². The number of carbonyl (C=O) groups is 2. The van der Waals surface area contributed by atoms with E-state index >= 15 is 0 Å². The number of allylic oxidation sites excluding steroid dienone is 2. The molecule has 2 aliphatic rings. The first-order valence-corrected chi connectivity index (χ1v) is 12.8. The van der Waals surface area contributed by atoms with Gasteiger partial charge < -0.3 is 14.6 Å². The first-order valence-electron chi connectivity index (χ1n) is 12.8. The van der Waals surface area contributed by atoms with Crippen molar-refractivity contribution in [3.63, 3.8) is 0 Å². The molecule has 0 aromatic carbocycles. The third-order valence-corrected chi connectivity index (χ3v) is 8.91. The van der Waals surface area contributed by atoms with E-state index in [1.165, 1.54) is 31.3 Å². The molecule has 0 aromatic rings. The number of fused-ring (bicyclic) bond motifs is 1. The van der Waals surface area contributed by atoms with Gasteiger partial charge in [-0.2, -0.15) is 0 Å². The first-order chi connectivity index (χ1) is 15.5. The molecule has 0 amide bonds. The highest BCUT2D eigenvalue weighted by Crippen LogP contribution is 2.62. The van der Waals surface area contributed by atoms with E-state index in [-0.39, 0.29) is 35.9 Å². The zero-order valence-electron chi connectivity index (χ0n) is 21.7. The van der Waals surface area contributed by atoms with Gasteiger partial charge in [-0.3, -0.25) is 4.79 Å². The van der Waals surface area contributed by atoms with E-state index in [0.29, 0.717) is 23.8 Å². The Balaban J connectivity index is 1.89. The Kier molecular flexibility index (Phi) is 9.78. The van der Waals surface area contributed by atoms with Gasteiger partial charge in [-0.1, -0.05) is 45.9 Å². The number of carbonyl (C=O) groups excluding carboxylic acids is 2. The van der Waals surface area contributed by atoms with Crippen LogP contribution in [0.15, 0.2) is 23.8 Å². The van der Waals surface area contributed by atoms with Crippen molar-refractivity contribution in [1.29, 1.82) is 0 Å². The van der Waals surface area contributed by atoms with Crippen LogP contribution in [0.5, 0.6) is 0 Å². The minimum atomic E-state index is -0.830. The van der Waals surface area contributed by atoms with Crippen LogP contribution in [0.25, 0.3) is 0 Å². The number of hydrogen-bond acceptors (Lipinski definition) is 5. The van der Waals surface area contributed by atoms with Gasteiger partial charge in [0.05, 0.1) is 6.61 Å². The average molecular weight is 463 g/mol. The number of aliphatic hydroxyl groups is 1. The van der Waals surface area contributed by atoms with Gasteiger partial charge in [0.2, 0.25) is 0 Å². The fraction of sp³-hybridized carbons (Fsp3) is 0.786. The van der Waals surface area contributed by atoms with E-state index in [9.17, 15) is 14.7 Å². The smallest absolute Gasteiger partial charge is 0.333 e. The molecule has 5 nitrogen and oxygen atoms in total. The molecule has 5 heteroatoms. The highest BCUT2D eigenvalue weighted by molar-refractivity contribution is 5.87. The Morgan fingerprint density at radius 3 is 2.64 bits per heavy atom. The van der Waals surface area contributed by atoms with Crippen LogP contribution in [-0.4, -0.2) is 36.4 Å². The number of hydrogen-bond donors (Lipinski definition) is 1. The first kappa shape index (κ1) is 27.6. The zero-order valence-corrected chi connectivity index (χ0v) is 21.7. The number of ether oxygens (including phenoxy) is 2. The normalized spacial score (nSPS) is 32.0. The maximum Gasteiger partial charge on any atom is 0.333 e. The second kappa shape index (κ2) is 11.7. The van der Waals surface area contributed by atoms with Gasteiger partial charge in [0.15, 0.2) is 6.10 Å². The lowest BCUT2D eigenvalue weighted by atomic mass is 9.46. The summed E-state index contributed by atoms with van der Waals surface area (Å²) in [5.41, 5.74) is 2.42. The second-order valence-corrected chi connectivity index (χ2v) is 11.1. The van der Waals surface area contributed by atoms with Crippen molar-refractivity contribution in [3.8, 4) is 0 Å². The zero-order chi connectivity index (χ0) is 24.8. The summed E-state index contributed by atoms with van der Waals surface area (Å²) in [4.78, 5) is 24.3. The lowest BCUT2D eigenvalue weighted by Crippen LogP contribution is -2.50. The molecule has 33 heavy (non-hydrogen) atoms. The van der Waals surface area contributed by atoms with Crippen molar-refractivity contribution in [3.05, 3.63) is 23.8 Å². The molecule has 0 radical (unpaired) electrons. The maximum atomic E-state index is 12.5. The monoisotopic (exact) mass is 462 g/mol. The highest BCUT2D eigenvalue weighted by Gasteiger charge is 2.53. The number of aliphatic hydroxyl groups excluding tert-OH is 1. The van der Waals surface area contributed by atoms with Crippen LogP contribution < -0.4 is 0 Å². The third kappa shape index (κ3) is 6.49. The van der Waals surface area contributed by atoms with E-state index in [1.54, 1.807) is 19.9 Å². The Labute approximate surface area is 201 Å². The number of rotatable bonds is 10. The number of esters is 2. The summed E-state index contributed by atoms with van der Waals surface area (Å²) in [7, 11) is 0. The molecule has 0 aromatic heterocycles. The highest BCUT2D eigenvalue weighted by atomic mass is 16.6. The van der Waals surface area contributed by atoms with Gasteiger partial charge in [-0.15, -0.1) is 0 Å². The summed E-state index contributed by atoms with van der Waals surface area (Å²) in [5, 5.41) is 9.52. The molecule has 2 fully saturated rings. The van der Waals surface area contributed by atoms with Crippen molar-refractivity contribution in [2.75, 3.05) is 13.2 Å². The van der Waals surface area contributed by atoms with Crippen molar-refractivity contribution in [2.24, 2.45) is 28.6 Å². The topological polar surface area (TPSA) is 72.8 Å². The molecule has 1 N–H and O–H groups in total. The Hall–Kier alpha value is -1.62. The predicted octanol–water partition coefficient (Wildman–Crippen LogP) is 6.01. The Morgan fingerprint density at radius 1 is 1.30 bits per heavy atom. The van der Waals surface area contributed by atoms with Crippen molar-refractivity contribution in [1.82, 2.24) is 0 Å². The van der Waals surface area contributed by atoms with Gasteiger partial charge >= 0.3 is 11.9 Å². The summed E-state index contributed by atoms with van der Waals surface area (Å²) >= 11 is 0. The van der Waals surface area contributed by atoms with Crippen LogP contribution in [0.1, 0.15) is 92.9 Å². The average Bonchev–Trinajstić information content (AvgIpc) is 2.78. The van der Waals surface area contributed by atoms with Gasteiger partial charge in [0, 0.05) is 12.0 Å². The molecular weight excluding hydrogens is 416 g/mol. The molecule has 2 aliphatic carbocycles. The molecular formula is C28H46O5. The van der Waals surface area contributed by atoms with Gasteiger partial charge in [0.25, 0.3) is 0 Å². The second-order valence-electron chi connectivity index (χ2n) is 11.1. The van der Waals surface area contributed by atoms with Crippen LogP contribution in [0, 0.1) is 28.6 Å². The van der Waals surface area contributed by atoms with E-state index in [2.05, 4.69) is 34.3 Å². The molecule has 0 spiro atoms. The van der Waals surface area contributed by atoms with Crippen LogP contribution in [0.3, 0.4) is 0 Å². The molecule has 0 heterocycles. The molecule has 6 atom stereocenters. The lowest BCUT2D eigenvalue weighted by molar-refractivity contribution is -0.160. The van der Waals surface area contributed by atoms with Crippen LogP contribution >= 0.6 is 0 Å². The van der Waals surface area contributed by atoms with E-state index in [1.807, 2.05) is 0 Å². The largest absolute Gasteiger partial charge is 0.458 e. The van der Waals surface area contributed by atoms with Crippen LogP contribution in [-0.2, 0) is 19.1 Å². The van der Waals surface area contributed by atoms with Gasteiger partial charge in [0.1, 0.15) is 6.61 Å². The van der Waals surface area contributed by atoms with E-state index in [0.717, 1.165) is 19.3 Å². The molecule has 2 rings (SSSR count). The van der Waals surface area contributed by atoms with Gasteiger partial charge in [-0.25, -0.2) is 4.79 Å². The minimum absolute atomic E-state index is 0.139. The summed E-state index contributed by atoms with van der Waals surface area (Å²) in [5.74, 6) is 0.692. The summed E-state index contributed by atoms with van der Waals surface area (Å²) < 4.78 is 10.5. The molecule has 6 unspecified atom stereocenters. The van der Waals surface area contributed by atoms with Gasteiger partial charge in [-0.05, 0) is 87.4 Å². The SMILES string of the molecule is C=C1CCCC2C1(C)CCC(C)C2(C)CCC(C)CC(=O)OC(CO)COC(=O)C(C)=CC. The summed E-state index contributed by atoms with van der Waals surface area (Å²) in [6.45, 7) is 16.7. The predicted molar refractivity (Wildman–Crippen MR) is 131 cm³/mol. The third-order valence-electron chi connectivity index (χ3n) is 8.91. The van der Waals surface area contributed by atoms with Crippen LogP contribution in [0.4, 0.5) is 0 Å². The van der Waals surface area contributed by atoms with Crippen molar-refractivity contribution < 1.29 is 24.2 Å². The molecule has 0 saturated heterocycles. The van der Waals surface area contributed by atoms with E-state index in [4.69, 9.17) is 9.47 Å². The molecule has 0 aliphatic heterocycles. The fourth-order valence-electron chi connectivity index (χ4n) is 6.09. The standard InChI is InChI=1S/C28H46O5/c1-8-20(3)26(31)32-18-23(17-29)33-25(30)16-19(2)12-14-27(6)22(5)13-15-28(7)21(4)10-9-11-24(27)28/h8,19,22-24,29H,4,9-18H2,1-3,5-7H3. The Morgan fingerprint density at radius 2 is 2.00 bits per heavy atom. The summed E-state index contributed by atoms with van der Waals surface area (Å²) in [6, 6.07) is 0. The molecule has 0 bridgehead atoms. The Bertz CT molecular complexity index is 741. The van der Waals surface area contributed by atoms with Crippen molar-refractivity contribution in [2.45, 2.75) is 99.0 Å². The minimum Gasteiger partial charge on any atom is -0.458 e. The maximum absolute atomic E-state index is 12.5. The quantitative estimate of drug-likeness (QED) is 0.245. The molecule has 188 valence electrons. The fourth-order valence-corrected chi connectivity index (χ4v) is 6.09. The molecule has 2 saturated carbocycles. The van der Waals surface area contributed by atoms with Crippen molar-refractivity contribution >= 4 is 11.9 Å².